The summed E-state index contributed by atoms with van der Waals surface area (Å²) in [4.78, 5) is 28.4. The number of methoxy groups -OCH3 is 1. The van der Waals surface area contributed by atoms with Crippen LogP contribution in [0.5, 0.6) is 0 Å². The van der Waals surface area contributed by atoms with E-state index >= 15 is 0 Å². The summed E-state index contributed by atoms with van der Waals surface area (Å²) in [6.07, 6.45) is 5.25. The van der Waals surface area contributed by atoms with Gasteiger partial charge in [-0.1, -0.05) is 56.3 Å². The maximum atomic E-state index is 14.4. The van der Waals surface area contributed by atoms with Crippen molar-refractivity contribution in [1.29, 1.82) is 0 Å². The van der Waals surface area contributed by atoms with E-state index < -0.39 is 17.1 Å². The Kier molecular flexibility index (Phi) is 6.01. The minimum Gasteiger partial charge on any atom is -0.387 e. The van der Waals surface area contributed by atoms with Crippen molar-refractivity contribution >= 4 is 11.7 Å². The second-order valence-corrected chi connectivity index (χ2v) is 11.9. The number of ketones is 1. The van der Waals surface area contributed by atoms with Gasteiger partial charge in [0.15, 0.2) is 5.78 Å². The van der Waals surface area contributed by atoms with Crippen LogP contribution in [0.15, 0.2) is 42.5 Å². The Bertz CT molecular complexity index is 1020. The summed E-state index contributed by atoms with van der Waals surface area (Å²) in [7, 11) is 1.54. The number of hydrogen-bond acceptors (Lipinski definition) is 5. The van der Waals surface area contributed by atoms with Crippen LogP contribution in [0.2, 0.25) is 0 Å². The molecule has 1 aromatic rings. The monoisotopic (exact) mass is 481 g/mol. The summed E-state index contributed by atoms with van der Waals surface area (Å²) in [6, 6.07) is 9.95. The van der Waals surface area contributed by atoms with E-state index in [1.165, 1.54) is 0 Å². The van der Waals surface area contributed by atoms with Gasteiger partial charge in [-0.25, -0.2) is 0 Å². The van der Waals surface area contributed by atoms with Gasteiger partial charge in [0.1, 0.15) is 5.41 Å². The number of allylic oxidation sites excluding steroid dienone is 1. The highest BCUT2D eigenvalue weighted by Crippen LogP contribution is 2.66. The van der Waals surface area contributed by atoms with Gasteiger partial charge in [-0.15, -0.1) is 0 Å². The number of carbonyl (C=O) groups excluding carboxylic acids is 2. The molecular weight excluding hydrogens is 442 g/mol. The number of nitrogens with one attached hydrogen (secondary N) is 1. The molecule has 3 fully saturated rings. The van der Waals surface area contributed by atoms with E-state index in [0.717, 1.165) is 12.0 Å². The zero-order chi connectivity index (χ0) is 25.2. The van der Waals surface area contributed by atoms with Gasteiger partial charge in [-0.3, -0.25) is 9.59 Å². The maximum Gasteiger partial charge on any atom is 0.235 e. The molecular formula is C29H39NO5. The first-order chi connectivity index (χ1) is 16.6. The maximum absolute atomic E-state index is 14.4. The Morgan fingerprint density at radius 1 is 1.17 bits per heavy atom. The van der Waals surface area contributed by atoms with Crippen LogP contribution in [0.1, 0.15) is 52.5 Å². The summed E-state index contributed by atoms with van der Waals surface area (Å²) in [6.45, 7) is 8.11. The zero-order valence-electron chi connectivity index (χ0n) is 21.5. The van der Waals surface area contributed by atoms with Crippen LogP contribution >= 0.6 is 0 Å². The van der Waals surface area contributed by atoms with Gasteiger partial charge in [0.25, 0.3) is 0 Å². The fourth-order valence-corrected chi connectivity index (χ4v) is 7.66. The van der Waals surface area contributed by atoms with Gasteiger partial charge in [-0.05, 0) is 50.5 Å². The Labute approximate surface area is 208 Å². The molecule has 2 N–H and O–H groups in total. The number of rotatable bonds is 3. The lowest BCUT2D eigenvalue weighted by molar-refractivity contribution is -0.155. The van der Waals surface area contributed by atoms with Gasteiger partial charge in [0, 0.05) is 31.4 Å². The number of carbonyl (C=O) groups is 2. The molecule has 6 nitrogen and oxygen atoms in total. The normalized spacial score (nSPS) is 48.1. The molecule has 1 amide bonds. The molecule has 0 bridgehead atoms. The molecule has 2 heterocycles. The molecule has 2 aliphatic heterocycles. The highest BCUT2D eigenvalue weighted by atomic mass is 16.6. The number of benzene rings is 1. The van der Waals surface area contributed by atoms with Crippen LogP contribution in [0.25, 0.3) is 0 Å². The Balaban J connectivity index is 1.62. The van der Waals surface area contributed by atoms with Gasteiger partial charge in [0.05, 0.1) is 23.4 Å². The van der Waals surface area contributed by atoms with Gasteiger partial charge >= 0.3 is 0 Å². The molecule has 4 aliphatic rings. The summed E-state index contributed by atoms with van der Waals surface area (Å²) in [5.74, 6) is -0.683. The third-order valence-electron chi connectivity index (χ3n) is 9.59. The first-order valence-corrected chi connectivity index (χ1v) is 13.0. The number of aliphatic hydroxyl groups is 1. The molecule has 2 aliphatic carbocycles. The van der Waals surface area contributed by atoms with Crippen molar-refractivity contribution in [2.45, 2.75) is 82.8 Å². The lowest BCUT2D eigenvalue weighted by atomic mass is 9.51. The van der Waals surface area contributed by atoms with Crippen LogP contribution in [0.3, 0.4) is 0 Å². The summed E-state index contributed by atoms with van der Waals surface area (Å²) < 4.78 is 12.0. The van der Waals surface area contributed by atoms with Crippen molar-refractivity contribution in [1.82, 2.24) is 5.32 Å². The molecule has 190 valence electrons. The Morgan fingerprint density at radius 2 is 1.89 bits per heavy atom. The average molecular weight is 482 g/mol. The van der Waals surface area contributed by atoms with Gasteiger partial charge < -0.3 is 19.9 Å². The second-order valence-electron chi connectivity index (χ2n) is 11.9. The van der Waals surface area contributed by atoms with Crippen LogP contribution in [0, 0.1) is 29.1 Å². The number of fused-ring (bicyclic) bond motifs is 2. The summed E-state index contributed by atoms with van der Waals surface area (Å²) in [5, 5.41) is 14.6. The molecule has 6 heteroatoms. The van der Waals surface area contributed by atoms with E-state index in [1.54, 1.807) is 14.0 Å². The van der Waals surface area contributed by atoms with Crippen LogP contribution in [-0.4, -0.2) is 53.4 Å². The van der Waals surface area contributed by atoms with Crippen molar-refractivity contribution < 1.29 is 24.2 Å². The first-order valence-electron chi connectivity index (χ1n) is 13.0. The SMILES string of the molecule is CO[C@@H]1CC(=O)[C@]23C(=O)N[C@@H](Cc4ccccc4)[C@@H]2[C@H](C)[C@@]2(C)OC2[C@@H]3/C=C/C[C@H](C)C[C@]1(C)O. The average Bonchev–Trinajstić information content (AvgIpc) is 3.42. The summed E-state index contributed by atoms with van der Waals surface area (Å²) >= 11 is 0. The largest absolute Gasteiger partial charge is 0.387 e. The third kappa shape index (κ3) is 3.71. The Morgan fingerprint density at radius 3 is 2.57 bits per heavy atom. The molecule has 2 saturated heterocycles. The van der Waals surface area contributed by atoms with E-state index in [2.05, 4.69) is 50.4 Å². The fourth-order valence-electron chi connectivity index (χ4n) is 7.66. The molecule has 1 unspecified atom stereocenters. The highest BCUT2D eigenvalue weighted by molar-refractivity contribution is 6.09. The minimum absolute atomic E-state index is 0.00130. The van der Waals surface area contributed by atoms with E-state index in [1.807, 2.05) is 18.2 Å². The van der Waals surface area contributed by atoms with Crippen molar-refractivity contribution in [3.8, 4) is 0 Å². The first kappa shape index (κ1) is 24.7. The zero-order valence-corrected chi connectivity index (χ0v) is 21.5. The lowest BCUT2D eigenvalue weighted by Crippen LogP contribution is -2.59. The van der Waals surface area contributed by atoms with Crippen molar-refractivity contribution in [3.05, 3.63) is 48.0 Å². The molecule has 1 aromatic carbocycles. The highest BCUT2D eigenvalue weighted by Gasteiger charge is 2.78. The van der Waals surface area contributed by atoms with Crippen molar-refractivity contribution in [3.63, 3.8) is 0 Å². The van der Waals surface area contributed by atoms with Crippen molar-refractivity contribution in [2.24, 2.45) is 29.1 Å². The van der Waals surface area contributed by atoms with Crippen molar-refractivity contribution in [2.75, 3.05) is 7.11 Å². The molecule has 1 saturated carbocycles. The predicted molar refractivity (Wildman–Crippen MR) is 133 cm³/mol. The number of Topliss-reactive ketones (excluding diaryl/α,β-unsaturated/α-hetero) is 1. The van der Waals surface area contributed by atoms with Crippen LogP contribution in [-0.2, 0) is 25.5 Å². The quantitative estimate of drug-likeness (QED) is 0.392. The number of hydrogen-bond donors (Lipinski definition) is 2. The third-order valence-corrected chi connectivity index (χ3v) is 9.59. The lowest BCUT2D eigenvalue weighted by Gasteiger charge is -2.46. The van der Waals surface area contributed by atoms with E-state index in [9.17, 15) is 14.7 Å². The Hall–Kier alpha value is -2.02. The van der Waals surface area contributed by atoms with Crippen LogP contribution in [0.4, 0.5) is 0 Å². The van der Waals surface area contributed by atoms with E-state index in [-0.39, 0.29) is 59.5 Å². The van der Waals surface area contributed by atoms with E-state index in [4.69, 9.17) is 9.47 Å². The topological polar surface area (TPSA) is 88.2 Å². The fraction of sp³-hybridized carbons (Fsp3) is 0.655. The number of amides is 1. The molecule has 5 rings (SSSR count). The number of ether oxygens (including phenoxy) is 2. The molecule has 1 spiro atoms. The predicted octanol–water partition coefficient (Wildman–Crippen LogP) is 3.46. The van der Waals surface area contributed by atoms with Crippen LogP contribution < -0.4 is 5.32 Å². The molecule has 10 atom stereocenters. The second kappa shape index (κ2) is 8.53. The molecule has 35 heavy (non-hydrogen) atoms. The molecule has 0 radical (unpaired) electrons. The standard InChI is InChI=1S/C29H39NO5/c1-17-10-9-13-20-25-28(4,35-25)18(2)24-21(14-19-11-7-6-8-12-19)30-26(32)29(20,24)22(31)15-23(34-5)27(3,33)16-17/h6-9,11-13,17-18,20-21,23-25,33H,10,14-16H2,1-5H3,(H,30,32)/b13-9+/t17-,18-,20-,21-,23+,24-,25?,27-,28+,29-/m0/s1. The summed E-state index contributed by atoms with van der Waals surface area (Å²) in [5.41, 5.74) is -1.64. The van der Waals surface area contributed by atoms with Gasteiger partial charge in [0.2, 0.25) is 5.91 Å². The van der Waals surface area contributed by atoms with E-state index in [0.29, 0.717) is 12.8 Å². The van der Waals surface area contributed by atoms with Gasteiger partial charge in [-0.2, -0.15) is 0 Å². The molecule has 0 aromatic heterocycles. The number of epoxide rings is 1. The minimum atomic E-state index is -1.24. The smallest absolute Gasteiger partial charge is 0.235 e.